The Bertz CT molecular complexity index is 1430. The molecular weight excluding hydrogens is 548 g/mol. The molecule has 0 radical (unpaired) electrons. The van der Waals surface area contributed by atoms with E-state index >= 15 is 0 Å². The van der Waals surface area contributed by atoms with Crippen molar-refractivity contribution in [3.8, 4) is 5.75 Å². The van der Waals surface area contributed by atoms with E-state index in [-0.39, 0.29) is 17.3 Å². The third kappa shape index (κ3) is 5.38. The summed E-state index contributed by atoms with van der Waals surface area (Å²) in [6.07, 6.45) is 10.4. The lowest BCUT2D eigenvalue weighted by molar-refractivity contribution is 0.0132. The standard InChI is InChI=1S/C31H37ClN2O5S/c1-38-28-7-3-2-4-15-40(36,37)33-30(35)22-9-13-29-27(17-22)34(18-23-8-11-25(23)28)19-31(20-39-29)14-5-6-21-16-24(32)10-12-26(21)31/h3,7,9-10,12-13,16-17,23,25,28H,2,4-6,8,11,14-15,18-20H2,1H3,(H,33,35)/b7-3+/t23-,25+,28-,31-/m0/s1. The molecule has 214 valence electrons. The number of benzene rings is 2. The van der Waals surface area contributed by atoms with Crippen molar-refractivity contribution in [3.05, 3.63) is 70.3 Å². The molecule has 1 N–H and O–H groups in total. The molecular formula is C31H37ClN2O5S. The first-order valence-electron chi connectivity index (χ1n) is 14.3. The molecule has 1 fully saturated rings. The predicted octanol–water partition coefficient (Wildman–Crippen LogP) is 5.26. The molecule has 1 saturated carbocycles. The number of sulfonamides is 1. The quantitative estimate of drug-likeness (QED) is 0.460. The number of fused-ring (bicyclic) bond motifs is 4. The van der Waals surface area contributed by atoms with Gasteiger partial charge in [-0.2, -0.15) is 0 Å². The lowest BCUT2D eigenvalue weighted by Crippen LogP contribution is -2.49. The van der Waals surface area contributed by atoms with Crippen LogP contribution in [0.1, 0.15) is 60.0 Å². The second kappa shape index (κ2) is 11.0. The number of amides is 1. The van der Waals surface area contributed by atoms with Gasteiger partial charge in [-0.1, -0.05) is 29.8 Å². The molecule has 2 aromatic carbocycles. The van der Waals surface area contributed by atoms with Gasteiger partial charge in [0.25, 0.3) is 5.91 Å². The number of rotatable bonds is 1. The van der Waals surface area contributed by atoms with Crippen molar-refractivity contribution in [3.63, 3.8) is 0 Å². The van der Waals surface area contributed by atoms with Gasteiger partial charge in [0, 0.05) is 36.2 Å². The van der Waals surface area contributed by atoms with Gasteiger partial charge in [-0.25, -0.2) is 13.1 Å². The number of aryl methyl sites for hydroxylation is 1. The Hall–Kier alpha value is -2.55. The predicted molar refractivity (Wildman–Crippen MR) is 157 cm³/mol. The third-order valence-corrected chi connectivity index (χ3v) is 10.8. The summed E-state index contributed by atoms with van der Waals surface area (Å²) in [5.74, 6) is 0.807. The smallest absolute Gasteiger partial charge is 0.264 e. The number of nitrogens with zero attached hydrogens (tertiary/aromatic N) is 1. The van der Waals surface area contributed by atoms with Crippen LogP contribution < -0.4 is 14.4 Å². The van der Waals surface area contributed by atoms with Crippen molar-refractivity contribution in [2.24, 2.45) is 11.8 Å². The Morgan fingerprint density at radius 3 is 2.83 bits per heavy atom. The van der Waals surface area contributed by atoms with E-state index in [0.29, 0.717) is 36.8 Å². The van der Waals surface area contributed by atoms with Gasteiger partial charge in [-0.15, -0.1) is 0 Å². The highest BCUT2D eigenvalue weighted by Crippen LogP contribution is 2.47. The lowest BCUT2D eigenvalue weighted by atomic mass is 9.68. The lowest BCUT2D eigenvalue weighted by Gasteiger charge is -2.46. The maximum atomic E-state index is 13.1. The number of allylic oxidation sites excluding steroid dienone is 1. The highest BCUT2D eigenvalue weighted by Gasteiger charge is 2.44. The molecule has 40 heavy (non-hydrogen) atoms. The first kappa shape index (κ1) is 27.6. The van der Waals surface area contributed by atoms with Crippen molar-refractivity contribution < 1.29 is 22.7 Å². The zero-order valence-corrected chi connectivity index (χ0v) is 24.5. The maximum absolute atomic E-state index is 13.1. The fourth-order valence-electron chi connectivity index (χ4n) is 7.06. The van der Waals surface area contributed by atoms with Crippen LogP contribution in [0.3, 0.4) is 0 Å². The van der Waals surface area contributed by atoms with Crippen molar-refractivity contribution in [1.82, 2.24) is 4.72 Å². The number of carbonyl (C=O) groups excluding carboxylic acids is 1. The summed E-state index contributed by atoms with van der Waals surface area (Å²) in [5, 5.41) is 0.750. The normalized spacial score (nSPS) is 30.6. The average molecular weight is 585 g/mol. The number of ether oxygens (including phenoxy) is 2. The van der Waals surface area contributed by atoms with Crippen LogP contribution in [-0.2, 0) is 26.6 Å². The second-order valence-electron chi connectivity index (χ2n) is 11.8. The molecule has 7 nitrogen and oxygen atoms in total. The highest BCUT2D eigenvalue weighted by atomic mass is 35.5. The van der Waals surface area contributed by atoms with Gasteiger partial charge in [0.1, 0.15) is 5.75 Å². The minimum absolute atomic E-state index is 0.0106. The number of hydrogen-bond donors (Lipinski definition) is 1. The zero-order valence-electron chi connectivity index (χ0n) is 22.9. The molecule has 4 aliphatic rings. The summed E-state index contributed by atoms with van der Waals surface area (Å²) in [7, 11) is -2.00. The Kier molecular flexibility index (Phi) is 7.61. The van der Waals surface area contributed by atoms with E-state index in [9.17, 15) is 13.2 Å². The molecule has 1 spiro atoms. The summed E-state index contributed by atoms with van der Waals surface area (Å²) in [4.78, 5) is 15.5. The SMILES string of the molecule is CO[C@H]1/C=C/CCCS(=O)(=O)NC(=O)c2ccc3c(c2)N(C[C@@H]2CC[C@H]21)C[C@@]1(CCCc2cc(Cl)ccc21)CO3. The van der Waals surface area contributed by atoms with Crippen LogP contribution in [0.5, 0.6) is 5.75 Å². The van der Waals surface area contributed by atoms with Crippen molar-refractivity contribution in [2.45, 2.75) is 56.5 Å². The molecule has 2 aliphatic carbocycles. The number of anilines is 1. The van der Waals surface area contributed by atoms with Crippen LogP contribution in [-0.4, -0.2) is 53.0 Å². The van der Waals surface area contributed by atoms with Crippen molar-refractivity contribution >= 4 is 33.2 Å². The van der Waals surface area contributed by atoms with Gasteiger partial charge in [0.2, 0.25) is 10.0 Å². The average Bonchev–Trinajstić information content (AvgIpc) is 3.06. The van der Waals surface area contributed by atoms with E-state index in [4.69, 9.17) is 21.1 Å². The first-order chi connectivity index (χ1) is 19.3. The van der Waals surface area contributed by atoms with Crippen LogP contribution in [0.2, 0.25) is 5.02 Å². The molecule has 0 saturated heterocycles. The third-order valence-electron chi connectivity index (χ3n) is 9.28. The first-order valence-corrected chi connectivity index (χ1v) is 16.3. The van der Waals surface area contributed by atoms with Crippen molar-refractivity contribution in [1.29, 1.82) is 0 Å². The summed E-state index contributed by atoms with van der Waals surface area (Å²) >= 11 is 6.39. The molecule has 4 atom stereocenters. The van der Waals surface area contributed by atoms with Gasteiger partial charge in [0.05, 0.1) is 24.2 Å². The van der Waals surface area contributed by atoms with E-state index in [1.54, 1.807) is 19.2 Å². The Balaban J connectivity index is 1.42. The molecule has 9 heteroatoms. The van der Waals surface area contributed by atoms with E-state index in [1.165, 1.54) is 11.1 Å². The van der Waals surface area contributed by atoms with Crippen LogP contribution in [0, 0.1) is 11.8 Å². The molecule has 2 bridgehead atoms. The van der Waals surface area contributed by atoms with E-state index in [0.717, 1.165) is 61.7 Å². The minimum atomic E-state index is -3.76. The maximum Gasteiger partial charge on any atom is 0.264 e. The van der Waals surface area contributed by atoms with E-state index < -0.39 is 15.9 Å². The molecule has 2 aromatic rings. The molecule has 0 aromatic heterocycles. The molecule has 0 unspecified atom stereocenters. The monoisotopic (exact) mass is 584 g/mol. The second-order valence-corrected chi connectivity index (χ2v) is 14.1. The fraction of sp³-hybridized carbons (Fsp3) is 0.516. The Morgan fingerprint density at radius 2 is 2.02 bits per heavy atom. The Morgan fingerprint density at radius 1 is 1.15 bits per heavy atom. The summed E-state index contributed by atoms with van der Waals surface area (Å²) in [5.41, 5.74) is 3.50. The van der Waals surface area contributed by atoms with Gasteiger partial charge in [-0.05, 0) is 98.2 Å². The number of nitrogens with one attached hydrogen (secondary N) is 1. The van der Waals surface area contributed by atoms with Crippen LogP contribution in [0.25, 0.3) is 0 Å². The van der Waals surface area contributed by atoms with E-state index in [1.807, 2.05) is 18.2 Å². The summed E-state index contributed by atoms with van der Waals surface area (Å²) in [6, 6.07) is 11.5. The van der Waals surface area contributed by atoms with Crippen molar-refractivity contribution in [2.75, 3.05) is 37.5 Å². The highest BCUT2D eigenvalue weighted by molar-refractivity contribution is 7.90. The number of methoxy groups -OCH3 is 1. The van der Waals surface area contributed by atoms with Gasteiger partial charge in [-0.3, -0.25) is 4.79 Å². The summed E-state index contributed by atoms with van der Waals surface area (Å²) in [6.45, 7) is 2.08. The van der Waals surface area contributed by atoms with Gasteiger partial charge >= 0.3 is 0 Å². The molecule has 6 rings (SSSR count). The Labute approximate surface area is 241 Å². The number of carbonyl (C=O) groups is 1. The van der Waals surface area contributed by atoms with Crippen LogP contribution in [0.15, 0.2) is 48.6 Å². The minimum Gasteiger partial charge on any atom is -0.490 e. The molecule has 2 aliphatic heterocycles. The number of halogens is 1. The largest absolute Gasteiger partial charge is 0.490 e. The summed E-state index contributed by atoms with van der Waals surface area (Å²) < 4.78 is 40.0. The topological polar surface area (TPSA) is 84.9 Å². The van der Waals surface area contributed by atoms with E-state index in [2.05, 4.69) is 27.8 Å². The zero-order chi connectivity index (χ0) is 27.9. The fourth-order valence-corrected chi connectivity index (χ4v) is 8.30. The van der Waals surface area contributed by atoms with Crippen LogP contribution >= 0.6 is 11.6 Å². The molecule has 2 heterocycles. The van der Waals surface area contributed by atoms with Gasteiger partial charge in [0.15, 0.2) is 0 Å². The molecule has 1 amide bonds. The number of hydrogen-bond acceptors (Lipinski definition) is 6. The van der Waals surface area contributed by atoms with Crippen LogP contribution in [0.4, 0.5) is 5.69 Å². The van der Waals surface area contributed by atoms with Gasteiger partial charge < -0.3 is 14.4 Å².